The van der Waals surface area contributed by atoms with Crippen molar-refractivity contribution in [1.29, 1.82) is 0 Å². The maximum Gasteiger partial charge on any atom is 0.355 e. The van der Waals surface area contributed by atoms with Gasteiger partial charge in [0, 0.05) is 6.07 Å². The molecule has 0 radical (unpaired) electrons. The van der Waals surface area contributed by atoms with Gasteiger partial charge in [0.2, 0.25) is 0 Å². The number of aliphatic hydroxyl groups is 1. The lowest BCUT2D eigenvalue weighted by molar-refractivity contribution is -0.121. The summed E-state index contributed by atoms with van der Waals surface area (Å²) in [6.45, 7) is -0.900. The highest BCUT2D eigenvalue weighted by molar-refractivity contribution is 5.98. The van der Waals surface area contributed by atoms with Crippen LogP contribution in [-0.2, 0) is 4.79 Å². The molecule has 140 valence electrons. The van der Waals surface area contributed by atoms with Crippen molar-refractivity contribution >= 4 is 11.6 Å². The minimum Gasteiger partial charge on any atom is -0.481 e. The molecule has 0 saturated carbocycles. The standard InChI is InChI=1S/C15H15F3N4O4/c1-7(23)5-20-11-4-10(9(16)3-12(11)26-6-13(20)24)22-15(25)21(14(17)18)8(2)19-22/h3-4,7,14,23H,5-6H2,1-2H3. The second kappa shape index (κ2) is 6.48. The van der Waals surface area contributed by atoms with E-state index in [4.69, 9.17) is 4.74 Å². The van der Waals surface area contributed by atoms with E-state index in [-0.39, 0.29) is 35.0 Å². The van der Waals surface area contributed by atoms with Gasteiger partial charge in [-0.1, -0.05) is 0 Å². The molecule has 2 heterocycles. The number of carbonyl (C=O) groups is 1. The molecular formula is C15H15F3N4O4. The van der Waals surface area contributed by atoms with Crippen molar-refractivity contribution in [3.05, 3.63) is 34.3 Å². The molecule has 0 fully saturated rings. The fourth-order valence-electron chi connectivity index (χ4n) is 2.70. The van der Waals surface area contributed by atoms with Crippen LogP contribution in [0, 0.1) is 12.7 Å². The maximum atomic E-state index is 14.4. The molecule has 0 bridgehead atoms. The topological polar surface area (TPSA) is 89.6 Å². The zero-order valence-corrected chi connectivity index (χ0v) is 13.8. The SMILES string of the molecule is Cc1nn(-c2cc3c(cc2F)OCC(=O)N3CC(C)O)c(=O)n1C(F)F. The number of rotatable bonds is 4. The molecule has 8 nitrogen and oxygen atoms in total. The van der Waals surface area contributed by atoms with E-state index in [1.807, 2.05) is 0 Å². The Hall–Kier alpha value is -2.82. The van der Waals surface area contributed by atoms with Crippen LogP contribution in [0.5, 0.6) is 5.75 Å². The van der Waals surface area contributed by atoms with E-state index in [9.17, 15) is 27.9 Å². The number of alkyl halides is 2. The number of aliphatic hydroxyl groups excluding tert-OH is 1. The molecule has 0 aliphatic carbocycles. The summed E-state index contributed by atoms with van der Waals surface area (Å²) in [6.07, 6.45) is -0.874. The summed E-state index contributed by atoms with van der Waals surface area (Å²) in [4.78, 5) is 25.4. The van der Waals surface area contributed by atoms with Crippen molar-refractivity contribution in [3.63, 3.8) is 0 Å². The van der Waals surface area contributed by atoms with Gasteiger partial charge in [-0.15, -0.1) is 5.10 Å². The Morgan fingerprint density at radius 2 is 2.00 bits per heavy atom. The molecule has 26 heavy (non-hydrogen) atoms. The van der Waals surface area contributed by atoms with Gasteiger partial charge in [0.15, 0.2) is 12.4 Å². The minimum atomic E-state index is -3.13. The molecule has 1 aliphatic rings. The largest absolute Gasteiger partial charge is 0.481 e. The summed E-state index contributed by atoms with van der Waals surface area (Å²) in [5.74, 6) is -1.67. The number of halogens is 3. The van der Waals surface area contributed by atoms with Crippen molar-refractivity contribution in [2.45, 2.75) is 26.5 Å². The quantitative estimate of drug-likeness (QED) is 0.864. The average Bonchev–Trinajstić information content (AvgIpc) is 2.84. The molecule has 0 saturated heterocycles. The van der Waals surface area contributed by atoms with E-state index < -0.39 is 35.8 Å². The van der Waals surface area contributed by atoms with E-state index in [2.05, 4.69) is 5.10 Å². The smallest absolute Gasteiger partial charge is 0.355 e. The van der Waals surface area contributed by atoms with Crippen LogP contribution in [-0.4, -0.2) is 44.6 Å². The molecule has 1 aromatic carbocycles. The first-order valence-electron chi connectivity index (χ1n) is 7.62. The van der Waals surface area contributed by atoms with Crippen molar-refractivity contribution in [2.75, 3.05) is 18.1 Å². The van der Waals surface area contributed by atoms with Gasteiger partial charge in [-0.3, -0.25) is 4.79 Å². The van der Waals surface area contributed by atoms with Gasteiger partial charge in [0.05, 0.1) is 18.3 Å². The van der Waals surface area contributed by atoms with Crippen LogP contribution in [0.15, 0.2) is 16.9 Å². The summed E-state index contributed by atoms with van der Waals surface area (Å²) in [7, 11) is 0. The summed E-state index contributed by atoms with van der Waals surface area (Å²) in [5.41, 5.74) is -1.53. The number of aromatic nitrogens is 3. The Kier molecular flexibility index (Phi) is 4.48. The number of hydrogen-bond donors (Lipinski definition) is 1. The van der Waals surface area contributed by atoms with Gasteiger partial charge in [0.1, 0.15) is 17.3 Å². The lowest BCUT2D eigenvalue weighted by Gasteiger charge is -2.30. The number of amides is 1. The van der Waals surface area contributed by atoms with Crippen LogP contribution >= 0.6 is 0 Å². The van der Waals surface area contributed by atoms with Gasteiger partial charge in [0.25, 0.3) is 5.91 Å². The molecule has 1 aromatic heterocycles. The van der Waals surface area contributed by atoms with E-state index in [1.54, 1.807) is 0 Å². The number of nitrogens with zero attached hydrogens (tertiary/aromatic N) is 4. The summed E-state index contributed by atoms with van der Waals surface area (Å²) < 4.78 is 46.2. The number of benzene rings is 1. The third-order valence-corrected chi connectivity index (χ3v) is 3.82. The Labute approximate surface area is 145 Å². The number of carbonyl (C=O) groups excluding carboxylic acids is 1. The van der Waals surface area contributed by atoms with Gasteiger partial charge in [-0.2, -0.15) is 13.5 Å². The molecule has 3 rings (SSSR count). The maximum absolute atomic E-state index is 14.4. The van der Waals surface area contributed by atoms with Crippen LogP contribution in [0.1, 0.15) is 19.3 Å². The predicted molar refractivity (Wildman–Crippen MR) is 83.3 cm³/mol. The van der Waals surface area contributed by atoms with Gasteiger partial charge < -0.3 is 14.7 Å². The van der Waals surface area contributed by atoms with Gasteiger partial charge in [-0.25, -0.2) is 13.8 Å². The highest BCUT2D eigenvalue weighted by Crippen LogP contribution is 2.35. The molecule has 2 aromatic rings. The fraction of sp³-hybridized carbons (Fsp3) is 0.400. The zero-order valence-electron chi connectivity index (χ0n) is 13.8. The summed E-state index contributed by atoms with van der Waals surface area (Å²) in [5, 5.41) is 13.2. The molecular weight excluding hydrogens is 357 g/mol. The van der Waals surface area contributed by atoms with Crippen molar-refractivity contribution in [1.82, 2.24) is 14.3 Å². The highest BCUT2D eigenvalue weighted by Gasteiger charge is 2.29. The fourth-order valence-corrected chi connectivity index (χ4v) is 2.70. The minimum absolute atomic E-state index is 0.0320. The first-order chi connectivity index (χ1) is 12.2. The van der Waals surface area contributed by atoms with Crippen LogP contribution in [0.2, 0.25) is 0 Å². The number of β-amino-alcohol motifs (C(OH)–C–C–N with tert-alkyl or cyclic N) is 1. The Bertz CT molecular complexity index is 922. The molecule has 1 aliphatic heterocycles. The van der Waals surface area contributed by atoms with Gasteiger partial charge in [-0.05, 0) is 19.9 Å². The monoisotopic (exact) mass is 372 g/mol. The third-order valence-electron chi connectivity index (χ3n) is 3.82. The normalized spacial score (nSPS) is 15.2. The first-order valence-corrected chi connectivity index (χ1v) is 7.62. The van der Waals surface area contributed by atoms with Crippen LogP contribution in [0.25, 0.3) is 5.69 Å². The first kappa shape index (κ1) is 18.0. The Morgan fingerprint density at radius 3 is 2.58 bits per heavy atom. The van der Waals surface area contributed by atoms with Crippen molar-refractivity contribution in [2.24, 2.45) is 0 Å². The van der Waals surface area contributed by atoms with Gasteiger partial charge >= 0.3 is 12.2 Å². The number of fused-ring (bicyclic) bond motifs is 1. The van der Waals surface area contributed by atoms with E-state index in [1.165, 1.54) is 18.7 Å². The molecule has 1 N–H and O–H groups in total. The second-order valence-electron chi connectivity index (χ2n) is 5.80. The number of anilines is 1. The van der Waals surface area contributed by atoms with Crippen molar-refractivity contribution < 1.29 is 27.8 Å². The van der Waals surface area contributed by atoms with E-state index >= 15 is 0 Å². The molecule has 0 spiro atoms. The Morgan fingerprint density at radius 1 is 1.31 bits per heavy atom. The molecule has 11 heteroatoms. The lowest BCUT2D eigenvalue weighted by atomic mass is 10.2. The van der Waals surface area contributed by atoms with Crippen molar-refractivity contribution in [3.8, 4) is 11.4 Å². The van der Waals surface area contributed by atoms with E-state index in [0.29, 0.717) is 4.68 Å². The predicted octanol–water partition coefficient (Wildman–Crippen LogP) is 0.983. The third kappa shape index (κ3) is 2.94. The van der Waals surface area contributed by atoms with Crippen LogP contribution in [0.3, 0.4) is 0 Å². The van der Waals surface area contributed by atoms with Crippen LogP contribution in [0.4, 0.5) is 18.9 Å². The highest BCUT2D eigenvalue weighted by atomic mass is 19.3. The van der Waals surface area contributed by atoms with Crippen LogP contribution < -0.4 is 15.3 Å². The van der Waals surface area contributed by atoms with E-state index in [0.717, 1.165) is 12.1 Å². The molecule has 1 unspecified atom stereocenters. The summed E-state index contributed by atoms with van der Waals surface area (Å²) >= 11 is 0. The molecule has 1 atom stereocenters. The summed E-state index contributed by atoms with van der Waals surface area (Å²) in [6, 6.07) is 2.04. The Balaban J connectivity index is 2.17. The average molecular weight is 372 g/mol. The second-order valence-corrected chi connectivity index (χ2v) is 5.80. The number of ether oxygens (including phenoxy) is 1. The molecule has 1 amide bonds. The lowest BCUT2D eigenvalue weighted by Crippen LogP contribution is -2.42. The number of aryl methyl sites for hydroxylation is 1. The number of hydrogen-bond acceptors (Lipinski definition) is 5. The zero-order chi connectivity index (χ0) is 19.2.